The molecule has 0 unspecified atom stereocenters. The molecule has 18 heavy (non-hydrogen) atoms. The molecule has 2 bridgehead atoms. The van der Waals surface area contributed by atoms with Crippen molar-refractivity contribution >= 4 is 11.6 Å². The van der Waals surface area contributed by atoms with Crippen molar-refractivity contribution in [2.24, 2.45) is 17.8 Å². The van der Waals surface area contributed by atoms with E-state index < -0.39 is 0 Å². The van der Waals surface area contributed by atoms with Crippen molar-refractivity contribution in [3.8, 4) is 0 Å². The molecule has 1 aromatic rings. The van der Waals surface area contributed by atoms with Gasteiger partial charge in [0.1, 0.15) is 0 Å². The Morgan fingerprint density at radius 1 is 1.17 bits per heavy atom. The molecule has 0 saturated heterocycles. The van der Waals surface area contributed by atoms with Crippen LogP contribution in [0.15, 0.2) is 18.2 Å². The van der Waals surface area contributed by atoms with Gasteiger partial charge in [-0.1, -0.05) is 24.6 Å². The molecular weight excluding hydrogens is 222 g/mol. The summed E-state index contributed by atoms with van der Waals surface area (Å²) in [5.74, 6) is 1.99. The van der Waals surface area contributed by atoms with E-state index in [4.69, 9.17) is 0 Å². The van der Waals surface area contributed by atoms with Crippen LogP contribution in [0.5, 0.6) is 0 Å². The Bertz CT molecular complexity index is 460. The van der Waals surface area contributed by atoms with Gasteiger partial charge in [0.05, 0.1) is 0 Å². The fourth-order valence-electron chi connectivity index (χ4n) is 3.79. The minimum absolute atomic E-state index is 0.250. The van der Waals surface area contributed by atoms with E-state index in [1.54, 1.807) is 0 Å². The van der Waals surface area contributed by atoms with Crippen molar-refractivity contribution in [1.29, 1.82) is 0 Å². The molecule has 1 N–H and O–H groups in total. The van der Waals surface area contributed by atoms with Crippen LogP contribution in [0.4, 0.5) is 5.69 Å². The lowest BCUT2D eigenvalue weighted by Gasteiger charge is -2.22. The number of amides is 1. The average molecular weight is 243 g/mol. The second-order valence-corrected chi connectivity index (χ2v) is 6.04. The highest BCUT2D eigenvalue weighted by atomic mass is 16.1. The largest absolute Gasteiger partial charge is 0.325 e. The van der Waals surface area contributed by atoms with Gasteiger partial charge in [0, 0.05) is 11.6 Å². The summed E-state index contributed by atoms with van der Waals surface area (Å²) in [6.07, 6.45) is 5.00. The molecule has 0 aromatic heterocycles. The van der Waals surface area contributed by atoms with Gasteiger partial charge in [-0.2, -0.15) is 0 Å². The van der Waals surface area contributed by atoms with Crippen LogP contribution in [-0.4, -0.2) is 5.91 Å². The summed E-state index contributed by atoms with van der Waals surface area (Å²) in [7, 11) is 0. The molecule has 0 spiro atoms. The van der Waals surface area contributed by atoms with Crippen LogP contribution in [0.3, 0.4) is 0 Å². The van der Waals surface area contributed by atoms with Gasteiger partial charge in [-0.15, -0.1) is 0 Å². The normalized spacial score (nSPS) is 29.6. The topological polar surface area (TPSA) is 29.1 Å². The van der Waals surface area contributed by atoms with Crippen LogP contribution in [0.25, 0.3) is 0 Å². The van der Waals surface area contributed by atoms with E-state index in [2.05, 4.69) is 31.3 Å². The highest BCUT2D eigenvalue weighted by Gasteiger charge is 2.43. The van der Waals surface area contributed by atoms with Gasteiger partial charge in [0.15, 0.2) is 0 Å². The van der Waals surface area contributed by atoms with Crippen molar-refractivity contribution in [2.75, 3.05) is 5.32 Å². The minimum atomic E-state index is 0.250. The van der Waals surface area contributed by atoms with Crippen LogP contribution in [0.2, 0.25) is 0 Å². The van der Waals surface area contributed by atoms with Gasteiger partial charge in [0.25, 0.3) is 0 Å². The van der Waals surface area contributed by atoms with Gasteiger partial charge in [-0.25, -0.2) is 0 Å². The first-order valence-corrected chi connectivity index (χ1v) is 7.02. The number of rotatable bonds is 2. The fourth-order valence-corrected chi connectivity index (χ4v) is 3.79. The molecule has 3 atom stereocenters. The predicted molar refractivity (Wildman–Crippen MR) is 73.5 cm³/mol. The van der Waals surface area contributed by atoms with Gasteiger partial charge >= 0.3 is 0 Å². The summed E-state index contributed by atoms with van der Waals surface area (Å²) in [6, 6.07) is 6.16. The van der Waals surface area contributed by atoms with Crippen molar-refractivity contribution in [3.05, 3.63) is 29.3 Å². The molecule has 1 aromatic carbocycles. The number of anilines is 1. The van der Waals surface area contributed by atoms with Gasteiger partial charge in [0.2, 0.25) is 5.91 Å². The van der Waals surface area contributed by atoms with E-state index in [0.717, 1.165) is 29.2 Å². The number of nitrogens with one attached hydrogen (secondary N) is 1. The number of hydrogen-bond donors (Lipinski definition) is 1. The van der Waals surface area contributed by atoms with Crippen molar-refractivity contribution in [3.63, 3.8) is 0 Å². The molecule has 2 aliphatic rings. The van der Waals surface area contributed by atoms with Crippen LogP contribution in [0.1, 0.15) is 36.8 Å². The minimum Gasteiger partial charge on any atom is -0.325 e. The molecule has 0 radical (unpaired) electrons. The van der Waals surface area contributed by atoms with Crippen LogP contribution < -0.4 is 5.32 Å². The Morgan fingerprint density at radius 2 is 1.89 bits per heavy atom. The first-order valence-electron chi connectivity index (χ1n) is 7.02. The molecule has 0 heterocycles. The van der Waals surface area contributed by atoms with E-state index in [1.807, 2.05) is 6.07 Å². The molecular formula is C16H21NO. The van der Waals surface area contributed by atoms with Gasteiger partial charge < -0.3 is 5.32 Å². The third-order valence-electron chi connectivity index (χ3n) is 4.80. The van der Waals surface area contributed by atoms with E-state index in [9.17, 15) is 4.79 Å². The summed E-state index contributed by atoms with van der Waals surface area (Å²) < 4.78 is 0. The number of fused-ring (bicyclic) bond motifs is 2. The number of aryl methyl sites for hydroxylation is 2. The molecule has 1 amide bonds. The molecule has 2 heteroatoms. The Balaban J connectivity index is 1.75. The third kappa shape index (κ3) is 1.94. The highest BCUT2D eigenvalue weighted by molar-refractivity contribution is 5.94. The van der Waals surface area contributed by atoms with Gasteiger partial charge in [-0.3, -0.25) is 4.79 Å². The number of benzene rings is 1. The molecule has 3 rings (SSSR count). The van der Waals surface area contributed by atoms with Crippen molar-refractivity contribution in [1.82, 2.24) is 0 Å². The monoisotopic (exact) mass is 243 g/mol. The van der Waals surface area contributed by atoms with E-state index in [0.29, 0.717) is 5.92 Å². The number of carbonyl (C=O) groups excluding carboxylic acids is 1. The SMILES string of the molecule is Cc1cccc(C)c1NC(=O)[C@@H]1C[C@H]2CC[C@H]1C2. The Labute approximate surface area is 109 Å². The van der Waals surface area contributed by atoms with Crippen LogP contribution in [-0.2, 0) is 4.79 Å². The molecule has 0 aliphatic heterocycles. The Kier molecular flexibility index (Phi) is 2.89. The lowest BCUT2D eigenvalue weighted by molar-refractivity contribution is -0.121. The lowest BCUT2D eigenvalue weighted by Crippen LogP contribution is -2.27. The van der Waals surface area contributed by atoms with Crippen LogP contribution in [0, 0.1) is 31.6 Å². The third-order valence-corrected chi connectivity index (χ3v) is 4.80. The maximum atomic E-state index is 12.4. The quantitative estimate of drug-likeness (QED) is 0.843. The Hall–Kier alpha value is -1.31. The summed E-state index contributed by atoms with van der Waals surface area (Å²) in [5, 5.41) is 3.17. The summed E-state index contributed by atoms with van der Waals surface area (Å²) in [4.78, 5) is 12.4. The maximum Gasteiger partial charge on any atom is 0.227 e. The second-order valence-electron chi connectivity index (χ2n) is 6.04. The first-order chi connectivity index (χ1) is 8.65. The molecule has 2 fully saturated rings. The number of hydrogen-bond acceptors (Lipinski definition) is 1. The summed E-state index contributed by atoms with van der Waals surface area (Å²) in [5.41, 5.74) is 3.34. The van der Waals surface area contributed by atoms with Crippen molar-refractivity contribution < 1.29 is 4.79 Å². The zero-order valence-corrected chi connectivity index (χ0v) is 11.2. The zero-order valence-electron chi connectivity index (χ0n) is 11.2. The maximum absolute atomic E-state index is 12.4. The predicted octanol–water partition coefficient (Wildman–Crippen LogP) is 3.68. The average Bonchev–Trinajstić information content (AvgIpc) is 2.96. The number of para-hydroxylation sites is 1. The first kappa shape index (κ1) is 11.8. The number of carbonyl (C=O) groups is 1. The van der Waals surface area contributed by atoms with E-state index in [-0.39, 0.29) is 11.8 Å². The van der Waals surface area contributed by atoms with Gasteiger partial charge in [-0.05, 0) is 56.1 Å². The smallest absolute Gasteiger partial charge is 0.227 e. The molecule has 96 valence electrons. The standard InChI is InChI=1S/C16H21NO/c1-10-4-3-5-11(2)15(10)17-16(18)14-9-12-6-7-13(14)8-12/h3-5,12-14H,6-9H2,1-2H3,(H,17,18)/t12-,13-,14+/m0/s1. The lowest BCUT2D eigenvalue weighted by atomic mass is 9.88. The summed E-state index contributed by atoms with van der Waals surface area (Å²) in [6.45, 7) is 4.12. The zero-order chi connectivity index (χ0) is 12.7. The van der Waals surface area contributed by atoms with E-state index >= 15 is 0 Å². The highest BCUT2D eigenvalue weighted by Crippen LogP contribution is 2.48. The summed E-state index contributed by atoms with van der Waals surface area (Å²) >= 11 is 0. The molecule has 2 nitrogen and oxygen atoms in total. The second kappa shape index (κ2) is 4.42. The molecule has 2 saturated carbocycles. The van der Waals surface area contributed by atoms with E-state index in [1.165, 1.54) is 19.3 Å². The molecule has 2 aliphatic carbocycles. The fraction of sp³-hybridized carbons (Fsp3) is 0.562. The van der Waals surface area contributed by atoms with Crippen molar-refractivity contribution in [2.45, 2.75) is 39.5 Å². The van der Waals surface area contributed by atoms with Crippen LogP contribution >= 0.6 is 0 Å². The Morgan fingerprint density at radius 3 is 2.44 bits per heavy atom.